The summed E-state index contributed by atoms with van der Waals surface area (Å²) in [6.07, 6.45) is -0.206. The highest BCUT2D eigenvalue weighted by Gasteiger charge is 2.36. The maximum absolute atomic E-state index is 13.5. The molecule has 1 aliphatic heterocycles. The summed E-state index contributed by atoms with van der Waals surface area (Å²) >= 11 is 6.22. The molecule has 206 valence electrons. The third-order valence-corrected chi connectivity index (χ3v) is 8.89. The summed E-state index contributed by atoms with van der Waals surface area (Å²) in [7, 11) is -4.10. The van der Waals surface area contributed by atoms with Gasteiger partial charge in [-0.3, -0.25) is 0 Å². The van der Waals surface area contributed by atoms with E-state index in [-0.39, 0.29) is 43.2 Å². The van der Waals surface area contributed by atoms with Gasteiger partial charge in [0.15, 0.2) is 21.3 Å². The van der Waals surface area contributed by atoms with Crippen LogP contribution in [0, 0.1) is 0 Å². The van der Waals surface area contributed by atoms with Crippen molar-refractivity contribution in [3.63, 3.8) is 0 Å². The van der Waals surface area contributed by atoms with Crippen LogP contribution in [0.3, 0.4) is 0 Å². The predicted octanol–water partition coefficient (Wildman–Crippen LogP) is 5.88. The third kappa shape index (κ3) is 6.55. The first kappa shape index (κ1) is 28.1. The van der Waals surface area contributed by atoms with Gasteiger partial charge in [0.25, 0.3) is 0 Å². The molecule has 0 radical (unpaired) electrons. The minimum absolute atomic E-state index is 0.138. The topological polar surface area (TPSA) is 134 Å². The van der Waals surface area contributed by atoms with Crippen LogP contribution in [0.1, 0.15) is 19.8 Å². The van der Waals surface area contributed by atoms with E-state index in [2.05, 4.69) is 10.6 Å². The number of hydrogen-bond acceptors (Lipinski definition) is 7. The van der Waals surface area contributed by atoms with E-state index in [0.717, 1.165) is 0 Å². The Balaban J connectivity index is 1.49. The summed E-state index contributed by atoms with van der Waals surface area (Å²) in [6, 6.07) is 17.7. The smallest absolute Gasteiger partial charge is 0.409 e. The molecule has 3 N–H and O–H groups in total. The van der Waals surface area contributed by atoms with Crippen molar-refractivity contribution in [2.75, 3.05) is 30.3 Å². The van der Waals surface area contributed by atoms with Gasteiger partial charge >= 0.3 is 12.1 Å². The number of aromatic hydroxyl groups is 1. The van der Waals surface area contributed by atoms with Crippen molar-refractivity contribution in [3.05, 3.63) is 71.8 Å². The molecule has 3 amide bonds. The van der Waals surface area contributed by atoms with E-state index in [0.29, 0.717) is 17.2 Å². The summed E-state index contributed by atoms with van der Waals surface area (Å²) in [6.45, 7) is 2.29. The van der Waals surface area contributed by atoms with Crippen LogP contribution < -0.4 is 15.4 Å². The Morgan fingerprint density at radius 2 is 1.62 bits per heavy atom. The molecule has 0 aliphatic carbocycles. The van der Waals surface area contributed by atoms with Crippen LogP contribution in [-0.2, 0) is 14.6 Å². The number of halogens is 1. The van der Waals surface area contributed by atoms with E-state index in [9.17, 15) is 23.1 Å². The maximum atomic E-state index is 13.5. The van der Waals surface area contributed by atoms with Gasteiger partial charge in [-0.05, 0) is 56.2 Å². The molecule has 1 fully saturated rings. The van der Waals surface area contributed by atoms with Gasteiger partial charge in [0.1, 0.15) is 10.6 Å². The van der Waals surface area contributed by atoms with Gasteiger partial charge in [0.05, 0.1) is 28.3 Å². The quantitative estimate of drug-likeness (QED) is 0.301. The summed E-state index contributed by atoms with van der Waals surface area (Å²) in [5, 5.41) is 15.0. The average Bonchev–Trinajstić information content (AvgIpc) is 2.92. The van der Waals surface area contributed by atoms with Gasteiger partial charge in [-0.1, -0.05) is 41.9 Å². The number of phenols is 1. The number of hydrogen-bond donors (Lipinski definition) is 3. The van der Waals surface area contributed by atoms with Crippen LogP contribution in [-0.4, -0.2) is 55.5 Å². The Morgan fingerprint density at radius 1 is 0.974 bits per heavy atom. The Hall–Kier alpha value is -3.96. The normalized spacial score (nSPS) is 13.9. The number of sulfone groups is 1. The molecule has 0 saturated carbocycles. The van der Waals surface area contributed by atoms with E-state index in [1.807, 2.05) is 18.2 Å². The second-order valence-corrected chi connectivity index (χ2v) is 11.3. The number of likely N-dealkylation sites (tertiary alicyclic amines) is 1. The minimum atomic E-state index is -4.10. The number of phenolic OH excluding ortho intramolecular Hbond substituents is 1. The van der Waals surface area contributed by atoms with Crippen molar-refractivity contribution in [2.45, 2.75) is 29.9 Å². The number of carbonyl (C=O) groups excluding carboxylic acids is 2. The number of rotatable bonds is 7. The molecule has 1 saturated heterocycles. The predicted molar refractivity (Wildman–Crippen MR) is 148 cm³/mol. The van der Waals surface area contributed by atoms with E-state index < -0.39 is 37.9 Å². The monoisotopic (exact) mass is 573 g/mol. The lowest BCUT2D eigenvalue weighted by Gasteiger charge is -2.31. The zero-order chi connectivity index (χ0) is 28.0. The van der Waals surface area contributed by atoms with Crippen molar-refractivity contribution in [1.29, 1.82) is 0 Å². The number of ether oxygens (including phenoxy) is 2. The van der Waals surface area contributed by atoms with Crippen molar-refractivity contribution in [1.82, 2.24) is 4.90 Å². The minimum Gasteiger partial charge on any atom is -0.504 e. The molecule has 0 atom stereocenters. The molecule has 0 aromatic heterocycles. The van der Waals surface area contributed by atoms with Crippen LogP contribution in [0.15, 0.2) is 71.6 Å². The molecule has 1 heterocycles. The number of anilines is 2. The Kier molecular flexibility index (Phi) is 8.82. The van der Waals surface area contributed by atoms with Crippen LogP contribution in [0.5, 0.6) is 17.2 Å². The fraction of sp³-hybridized carbons (Fsp3) is 0.259. The van der Waals surface area contributed by atoms with E-state index >= 15 is 0 Å². The number of carbonyl (C=O) groups is 2. The average molecular weight is 574 g/mol. The van der Waals surface area contributed by atoms with Crippen molar-refractivity contribution in [3.8, 4) is 17.2 Å². The first-order valence-corrected chi connectivity index (χ1v) is 14.2. The lowest BCUT2D eigenvalue weighted by Crippen LogP contribution is -2.42. The van der Waals surface area contributed by atoms with Crippen molar-refractivity contribution >= 4 is 44.9 Å². The molecule has 4 rings (SSSR count). The molecule has 0 spiro atoms. The van der Waals surface area contributed by atoms with E-state index in [4.69, 9.17) is 21.1 Å². The number of nitrogens with zero attached hydrogens (tertiary/aromatic N) is 1. The third-order valence-electron chi connectivity index (χ3n) is 6.13. The number of benzene rings is 3. The number of amides is 3. The first-order chi connectivity index (χ1) is 18.7. The van der Waals surface area contributed by atoms with E-state index in [1.165, 1.54) is 17.0 Å². The van der Waals surface area contributed by atoms with Crippen LogP contribution >= 0.6 is 11.6 Å². The lowest BCUT2D eigenvalue weighted by atomic mass is 10.1. The summed E-state index contributed by atoms with van der Waals surface area (Å²) in [4.78, 5) is 25.8. The highest BCUT2D eigenvalue weighted by Crippen LogP contribution is 2.40. The van der Waals surface area contributed by atoms with Gasteiger partial charge in [0.2, 0.25) is 0 Å². The largest absolute Gasteiger partial charge is 0.504 e. The van der Waals surface area contributed by atoms with Gasteiger partial charge in [0, 0.05) is 13.1 Å². The fourth-order valence-corrected chi connectivity index (χ4v) is 6.56. The van der Waals surface area contributed by atoms with Gasteiger partial charge in [-0.15, -0.1) is 0 Å². The van der Waals surface area contributed by atoms with Crippen molar-refractivity contribution in [2.24, 2.45) is 0 Å². The molecule has 3 aromatic carbocycles. The number of nitrogens with one attached hydrogen (secondary N) is 2. The highest BCUT2D eigenvalue weighted by atomic mass is 35.5. The SMILES string of the molecule is CCOC(=O)N1CCC(S(=O)(=O)c2c(Cl)ccc(NC(=O)Nc3ccccc3Oc3ccccc3)c2O)CC1. The van der Waals surface area contributed by atoms with Crippen LogP contribution in [0.25, 0.3) is 0 Å². The molecule has 12 heteroatoms. The molecule has 0 unspecified atom stereocenters. The first-order valence-electron chi connectivity index (χ1n) is 12.3. The van der Waals surface area contributed by atoms with Crippen LogP contribution in [0.4, 0.5) is 21.0 Å². The molecule has 10 nitrogen and oxygen atoms in total. The van der Waals surface area contributed by atoms with Gasteiger partial charge < -0.3 is 30.1 Å². The number of piperidine rings is 1. The number of urea groups is 1. The Morgan fingerprint density at radius 3 is 2.31 bits per heavy atom. The summed E-state index contributed by atoms with van der Waals surface area (Å²) in [5.41, 5.74) is 0.217. The van der Waals surface area contributed by atoms with Crippen molar-refractivity contribution < 1.29 is 32.6 Å². The molecular weight excluding hydrogens is 546 g/mol. The van der Waals surface area contributed by atoms with E-state index in [1.54, 1.807) is 43.3 Å². The molecule has 1 aliphatic rings. The Labute approximate surface area is 231 Å². The fourth-order valence-electron chi connectivity index (χ4n) is 4.20. The maximum Gasteiger partial charge on any atom is 0.409 e. The lowest BCUT2D eigenvalue weighted by molar-refractivity contribution is 0.100. The van der Waals surface area contributed by atoms with Crippen LogP contribution in [0.2, 0.25) is 5.02 Å². The zero-order valence-corrected chi connectivity index (χ0v) is 22.7. The highest BCUT2D eigenvalue weighted by molar-refractivity contribution is 7.92. The van der Waals surface area contributed by atoms with Gasteiger partial charge in [-0.25, -0.2) is 18.0 Å². The van der Waals surface area contributed by atoms with Gasteiger partial charge in [-0.2, -0.15) is 0 Å². The second-order valence-electron chi connectivity index (χ2n) is 8.69. The molecule has 3 aromatic rings. The number of para-hydroxylation sites is 3. The second kappa shape index (κ2) is 12.3. The summed E-state index contributed by atoms with van der Waals surface area (Å²) in [5.74, 6) is 0.293. The molecule has 39 heavy (non-hydrogen) atoms. The summed E-state index contributed by atoms with van der Waals surface area (Å²) < 4.78 is 37.7. The zero-order valence-electron chi connectivity index (χ0n) is 21.1. The standard InChI is InChI=1S/C27H28ClN3O7S/c1-2-37-27(34)31-16-14-19(15-17-31)39(35,36)25-20(28)12-13-22(24(25)32)30-26(33)29-21-10-6-7-11-23(21)38-18-8-4-3-5-9-18/h3-13,19,32H,2,14-17H2,1H3,(H2,29,30,33). The molecule has 0 bridgehead atoms. The molecular formula is C27H28ClN3O7S. The Bertz CT molecular complexity index is 1440.